The van der Waals surface area contributed by atoms with Crippen molar-refractivity contribution >= 4 is 17.5 Å². The number of hydrogen-bond donors (Lipinski definition) is 3. The van der Waals surface area contributed by atoms with E-state index in [1.165, 1.54) is 4.90 Å². The van der Waals surface area contributed by atoms with Crippen molar-refractivity contribution in [2.45, 2.75) is 51.0 Å². The molecule has 1 fully saturated rings. The largest absolute Gasteiger partial charge is 0.383 e. The first-order valence-corrected chi connectivity index (χ1v) is 12.4. The molecule has 4 N–H and O–H groups in total. The number of benzene rings is 1. The van der Waals surface area contributed by atoms with Gasteiger partial charge in [-0.2, -0.15) is 9.61 Å². The number of carbonyl (C=O) groups excluding carboxylic acids is 1. The predicted octanol–water partition coefficient (Wildman–Crippen LogP) is 4.66. The lowest BCUT2D eigenvalue weighted by atomic mass is 10.0. The van der Waals surface area contributed by atoms with E-state index in [1.807, 2.05) is 55.6 Å². The molecule has 3 heterocycles. The minimum Gasteiger partial charge on any atom is -0.383 e. The fourth-order valence-electron chi connectivity index (χ4n) is 4.84. The number of fused-ring (bicyclic) bond motifs is 1. The van der Waals surface area contributed by atoms with Crippen molar-refractivity contribution in [3.63, 3.8) is 0 Å². The summed E-state index contributed by atoms with van der Waals surface area (Å²) < 4.78 is 1.74. The van der Waals surface area contributed by atoms with Crippen LogP contribution in [-0.4, -0.2) is 48.8 Å². The second-order valence-electron chi connectivity index (χ2n) is 9.35. The Balaban J connectivity index is 1.49. The molecular formula is C27H31N7O2. The molecule has 1 aliphatic rings. The van der Waals surface area contributed by atoms with Gasteiger partial charge < -0.3 is 10.6 Å². The maximum atomic E-state index is 11.9. The summed E-state index contributed by atoms with van der Waals surface area (Å²) in [4.78, 5) is 23.2. The molecule has 0 radical (unpaired) electrons. The van der Waals surface area contributed by atoms with E-state index in [1.54, 1.807) is 23.2 Å². The van der Waals surface area contributed by atoms with Crippen molar-refractivity contribution in [1.82, 2.24) is 30.0 Å². The summed E-state index contributed by atoms with van der Waals surface area (Å²) in [6, 6.07) is 13.5. The standard InChI is InChI=1S/C27H31N7O2/c1-3-20(33(2)27(35)32-36)12-14-23-24(18-9-10-18)25(28)34-26(31-23)21(16-30-34)19-11-13-22(29-15-19)17-7-5-4-6-8-17/h4-8,11,13,15-16,18,20,36H,3,9-10,12,14,28H2,1-2H3,(H,32,35). The number of nitrogens with zero attached hydrogens (tertiary/aromatic N) is 5. The Kier molecular flexibility index (Phi) is 6.56. The van der Waals surface area contributed by atoms with Crippen LogP contribution in [0.5, 0.6) is 0 Å². The third-order valence-electron chi connectivity index (χ3n) is 7.08. The van der Waals surface area contributed by atoms with Gasteiger partial charge in [0.05, 0.1) is 17.6 Å². The molecule has 36 heavy (non-hydrogen) atoms. The second kappa shape index (κ2) is 9.94. The first-order chi connectivity index (χ1) is 17.5. The number of hydroxylamine groups is 1. The highest BCUT2D eigenvalue weighted by molar-refractivity contribution is 5.79. The number of urea groups is 1. The van der Waals surface area contributed by atoms with Gasteiger partial charge >= 0.3 is 6.03 Å². The Bertz CT molecular complexity index is 1360. The average molecular weight is 486 g/mol. The van der Waals surface area contributed by atoms with E-state index in [2.05, 4.69) is 10.1 Å². The number of hydrogen-bond acceptors (Lipinski definition) is 6. The maximum absolute atomic E-state index is 11.9. The number of anilines is 1. The summed E-state index contributed by atoms with van der Waals surface area (Å²) in [7, 11) is 1.69. The van der Waals surface area contributed by atoms with Gasteiger partial charge in [-0.3, -0.25) is 10.2 Å². The molecule has 4 aromatic rings. The fraction of sp³-hybridized carbons (Fsp3) is 0.333. The van der Waals surface area contributed by atoms with Crippen LogP contribution in [0.4, 0.5) is 10.6 Å². The first kappa shape index (κ1) is 23.7. The predicted molar refractivity (Wildman–Crippen MR) is 139 cm³/mol. The normalized spacial score (nSPS) is 14.1. The van der Waals surface area contributed by atoms with Gasteiger partial charge in [0, 0.05) is 41.5 Å². The van der Waals surface area contributed by atoms with Crippen LogP contribution in [0, 0.1) is 0 Å². The molecule has 186 valence electrons. The van der Waals surface area contributed by atoms with Gasteiger partial charge in [0.2, 0.25) is 0 Å². The van der Waals surface area contributed by atoms with Gasteiger partial charge in [-0.1, -0.05) is 43.3 Å². The summed E-state index contributed by atoms with van der Waals surface area (Å²) in [6.45, 7) is 2.03. The molecule has 3 aromatic heterocycles. The Labute approximate surface area is 209 Å². The van der Waals surface area contributed by atoms with Crippen LogP contribution in [0.2, 0.25) is 0 Å². The Morgan fingerprint density at radius 3 is 2.61 bits per heavy atom. The molecule has 9 nitrogen and oxygen atoms in total. The molecule has 0 aliphatic heterocycles. The number of aryl methyl sites for hydroxylation is 1. The van der Waals surface area contributed by atoms with Crippen LogP contribution in [0.3, 0.4) is 0 Å². The summed E-state index contributed by atoms with van der Waals surface area (Å²) in [5.74, 6) is 1.03. The average Bonchev–Trinajstić information content (AvgIpc) is 3.66. The van der Waals surface area contributed by atoms with E-state index in [-0.39, 0.29) is 6.04 Å². The summed E-state index contributed by atoms with van der Waals surface area (Å²) in [5.41, 5.74) is 14.9. The number of nitrogen functional groups attached to an aromatic ring is 1. The second-order valence-corrected chi connectivity index (χ2v) is 9.35. The highest BCUT2D eigenvalue weighted by Gasteiger charge is 2.31. The van der Waals surface area contributed by atoms with Gasteiger partial charge in [-0.05, 0) is 44.1 Å². The summed E-state index contributed by atoms with van der Waals surface area (Å²) in [5, 5.41) is 13.6. The summed E-state index contributed by atoms with van der Waals surface area (Å²) in [6.07, 6.45) is 7.97. The van der Waals surface area contributed by atoms with Gasteiger partial charge in [0.15, 0.2) is 5.65 Å². The Morgan fingerprint density at radius 1 is 1.19 bits per heavy atom. The zero-order chi connectivity index (χ0) is 25.2. The zero-order valence-corrected chi connectivity index (χ0v) is 20.6. The van der Waals surface area contributed by atoms with Gasteiger partial charge in [0.25, 0.3) is 0 Å². The number of pyridine rings is 1. The van der Waals surface area contributed by atoms with Crippen molar-refractivity contribution in [2.75, 3.05) is 12.8 Å². The fourth-order valence-corrected chi connectivity index (χ4v) is 4.84. The zero-order valence-electron chi connectivity index (χ0n) is 20.6. The molecule has 5 rings (SSSR count). The topological polar surface area (TPSA) is 122 Å². The number of aromatic nitrogens is 4. The molecule has 1 atom stereocenters. The van der Waals surface area contributed by atoms with Gasteiger partial charge in [-0.15, -0.1) is 0 Å². The summed E-state index contributed by atoms with van der Waals surface area (Å²) >= 11 is 0. The molecule has 9 heteroatoms. The van der Waals surface area contributed by atoms with E-state index in [0.717, 1.165) is 52.9 Å². The Hall–Kier alpha value is -3.98. The molecule has 1 unspecified atom stereocenters. The third kappa shape index (κ3) is 4.49. The Morgan fingerprint density at radius 2 is 1.97 bits per heavy atom. The lowest BCUT2D eigenvalue weighted by Crippen LogP contribution is -2.42. The van der Waals surface area contributed by atoms with E-state index < -0.39 is 6.03 Å². The monoisotopic (exact) mass is 485 g/mol. The van der Waals surface area contributed by atoms with E-state index in [9.17, 15) is 4.79 Å². The van der Waals surface area contributed by atoms with Crippen molar-refractivity contribution < 1.29 is 10.0 Å². The molecule has 0 saturated heterocycles. The maximum Gasteiger partial charge on any atom is 0.341 e. The minimum absolute atomic E-state index is 0.0393. The molecule has 0 bridgehead atoms. The van der Waals surface area contributed by atoms with Crippen molar-refractivity contribution in [3.8, 4) is 22.4 Å². The SMILES string of the molecule is CCC(CCc1nc2c(-c3ccc(-c4ccccc4)nc3)cnn2c(N)c1C1CC1)N(C)C(=O)NO. The molecule has 1 saturated carbocycles. The first-order valence-electron chi connectivity index (χ1n) is 12.4. The van der Waals surface area contributed by atoms with E-state index in [4.69, 9.17) is 15.9 Å². The molecule has 0 spiro atoms. The lowest BCUT2D eigenvalue weighted by Gasteiger charge is -2.26. The van der Waals surface area contributed by atoms with Crippen molar-refractivity contribution in [3.05, 3.63) is 66.1 Å². The van der Waals surface area contributed by atoms with Crippen LogP contribution in [-0.2, 0) is 6.42 Å². The number of amides is 2. The smallest absolute Gasteiger partial charge is 0.341 e. The molecule has 1 aliphatic carbocycles. The highest BCUT2D eigenvalue weighted by Crippen LogP contribution is 2.45. The number of nitrogens with one attached hydrogen (secondary N) is 1. The van der Waals surface area contributed by atoms with Crippen molar-refractivity contribution in [1.29, 1.82) is 0 Å². The van der Waals surface area contributed by atoms with E-state index in [0.29, 0.717) is 30.2 Å². The van der Waals surface area contributed by atoms with Crippen molar-refractivity contribution in [2.24, 2.45) is 0 Å². The van der Waals surface area contributed by atoms with Crippen LogP contribution in [0.1, 0.15) is 49.8 Å². The quantitative estimate of drug-likeness (QED) is 0.246. The number of nitrogens with two attached hydrogens (primary N) is 1. The minimum atomic E-state index is -0.517. The molecule has 1 aromatic carbocycles. The van der Waals surface area contributed by atoms with Crippen LogP contribution in [0.25, 0.3) is 28.0 Å². The highest BCUT2D eigenvalue weighted by atomic mass is 16.5. The third-order valence-corrected chi connectivity index (χ3v) is 7.08. The molecular weight excluding hydrogens is 454 g/mol. The van der Waals surface area contributed by atoms with Crippen LogP contribution < -0.4 is 11.2 Å². The van der Waals surface area contributed by atoms with Gasteiger partial charge in [-0.25, -0.2) is 15.3 Å². The molecule has 2 amide bonds. The lowest BCUT2D eigenvalue weighted by molar-refractivity contribution is 0.122. The van der Waals surface area contributed by atoms with Crippen LogP contribution >= 0.6 is 0 Å². The van der Waals surface area contributed by atoms with Gasteiger partial charge in [0.1, 0.15) is 5.82 Å². The number of carbonyl (C=O) groups is 1. The van der Waals surface area contributed by atoms with E-state index >= 15 is 0 Å². The van der Waals surface area contributed by atoms with Crippen LogP contribution in [0.15, 0.2) is 54.9 Å². The number of rotatable bonds is 8.